The maximum absolute atomic E-state index is 12.1. The highest BCUT2D eigenvalue weighted by atomic mass is 35.5. The molecule has 0 aromatic heterocycles. The Hall–Kier alpha value is -1.53. The summed E-state index contributed by atoms with van der Waals surface area (Å²) in [5, 5.41) is 7.12. The van der Waals surface area contributed by atoms with Gasteiger partial charge in [0.2, 0.25) is 0 Å². The molecule has 3 rings (SSSR count). The van der Waals surface area contributed by atoms with Gasteiger partial charge in [-0.05, 0) is 37.3 Å². The predicted octanol–water partition coefficient (Wildman–Crippen LogP) is 1.76. The number of thiocarbonyl (C=S) groups is 1. The highest BCUT2D eigenvalue weighted by Gasteiger charge is 2.55. The first kappa shape index (κ1) is 13.5. The Bertz CT molecular complexity index is 609. The van der Waals surface area contributed by atoms with E-state index < -0.39 is 11.6 Å². The molecule has 0 spiro atoms. The molecule has 7 heteroatoms. The first-order valence-electron chi connectivity index (χ1n) is 6.09. The van der Waals surface area contributed by atoms with Crippen molar-refractivity contribution in [2.75, 3.05) is 7.11 Å². The molecule has 2 heterocycles. The van der Waals surface area contributed by atoms with E-state index in [4.69, 9.17) is 33.3 Å². The van der Waals surface area contributed by atoms with Gasteiger partial charge in [-0.1, -0.05) is 11.6 Å². The number of methoxy groups -OCH3 is 1. The van der Waals surface area contributed by atoms with Gasteiger partial charge in [0.25, 0.3) is 0 Å². The van der Waals surface area contributed by atoms with Crippen LogP contribution in [-0.4, -0.2) is 23.9 Å². The minimum Gasteiger partial charge on any atom is -0.469 e. The SMILES string of the molecule is COC(=O)C1C2NC(=S)NC1(C)Oc1ccc(Cl)cc12. The van der Waals surface area contributed by atoms with Crippen molar-refractivity contribution in [2.45, 2.75) is 18.7 Å². The van der Waals surface area contributed by atoms with Crippen molar-refractivity contribution in [2.24, 2.45) is 5.92 Å². The van der Waals surface area contributed by atoms with Crippen LogP contribution < -0.4 is 15.4 Å². The molecule has 2 aliphatic rings. The van der Waals surface area contributed by atoms with Gasteiger partial charge in [-0.25, -0.2) is 0 Å². The van der Waals surface area contributed by atoms with Crippen LogP contribution in [0.1, 0.15) is 18.5 Å². The van der Waals surface area contributed by atoms with E-state index in [2.05, 4.69) is 10.6 Å². The number of carbonyl (C=O) groups excluding carboxylic acids is 1. The molecule has 2 N–H and O–H groups in total. The van der Waals surface area contributed by atoms with Gasteiger partial charge in [0.1, 0.15) is 11.7 Å². The molecule has 0 saturated carbocycles. The Morgan fingerprint density at radius 3 is 3.00 bits per heavy atom. The fraction of sp³-hybridized carbons (Fsp3) is 0.385. The van der Waals surface area contributed by atoms with Crippen LogP contribution in [0.3, 0.4) is 0 Å². The third kappa shape index (κ3) is 1.91. The third-order valence-corrected chi connectivity index (χ3v) is 4.11. The van der Waals surface area contributed by atoms with Gasteiger partial charge in [0.05, 0.1) is 13.2 Å². The summed E-state index contributed by atoms with van der Waals surface area (Å²) in [4.78, 5) is 12.1. The van der Waals surface area contributed by atoms with Crippen LogP contribution in [0.5, 0.6) is 5.75 Å². The maximum atomic E-state index is 12.1. The topological polar surface area (TPSA) is 59.6 Å². The first-order valence-corrected chi connectivity index (χ1v) is 6.88. The molecule has 1 saturated heterocycles. The quantitative estimate of drug-likeness (QED) is 0.609. The highest BCUT2D eigenvalue weighted by molar-refractivity contribution is 7.80. The molecular formula is C13H13ClN2O3S. The lowest BCUT2D eigenvalue weighted by Crippen LogP contribution is -2.69. The second-order valence-electron chi connectivity index (χ2n) is 4.97. The van der Waals surface area contributed by atoms with Gasteiger partial charge in [0, 0.05) is 10.6 Å². The smallest absolute Gasteiger partial charge is 0.317 e. The lowest BCUT2D eigenvalue weighted by atomic mass is 9.80. The Morgan fingerprint density at radius 2 is 2.30 bits per heavy atom. The van der Waals surface area contributed by atoms with E-state index in [0.29, 0.717) is 15.9 Å². The number of hydrogen-bond donors (Lipinski definition) is 2. The number of nitrogens with one attached hydrogen (secondary N) is 2. The number of hydrogen-bond acceptors (Lipinski definition) is 4. The zero-order valence-electron chi connectivity index (χ0n) is 10.9. The van der Waals surface area contributed by atoms with Crippen LogP contribution in [0.2, 0.25) is 5.02 Å². The monoisotopic (exact) mass is 312 g/mol. The Kier molecular flexibility index (Phi) is 3.02. The van der Waals surface area contributed by atoms with Gasteiger partial charge in [-0.2, -0.15) is 0 Å². The molecule has 2 aliphatic heterocycles. The molecule has 1 aromatic carbocycles. The molecule has 1 fully saturated rings. The van der Waals surface area contributed by atoms with E-state index in [-0.39, 0.29) is 12.0 Å². The summed E-state index contributed by atoms with van der Waals surface area (Å²) in [7, 11) is 1.35. The van der Waals surface area contributed by atoms with Gasteiger partial charge in [0.15, 0.2) is 10.8 Å². The van der Waals surface area contributed by atoms with Crippen LogP contribution in [0.25, 0.3) is 0 Å². The van der Waals surface area contributed by atoms with E-state index in [1.807, 2.05) is 0 Å². The van der Waals surface area contributed by atoms with E-state index in [1.165, 1.54) is 7.11 Å². The van der Waals surface area contributed by atoms with E-state index in [0.717, 1.165) is 5.56 Å². The molecule has 3 atom stereocenters. The van der Waals surface area contributed by atoms with Crippen molar-refractivity contribution >= 4 is 34.9 Å². The van der Waals surface area contributed by atoms with Crippen molar-refractivity contribution in [1.82, 2.24) is 10.6 Å². The average Bonchev–Trinajstić information content (AvgIpc) is 2.38. The van der Waals surface area contributed by atoms with Crippen LogP contribution >= 0.6 is 23.8 Å². The standard InChI is InChI=1S/C13H13ClN2O3S/c1-13-9(11(17)18-2)10(15-12(20)16-13)7-5-6(14)3-4-8(7)19-13/h3-5,9-10H,1-2H3,(H2,15,16,20). The molecule has 20 heavy (non-hydrogen) atoms. The van der Waals surface area contributed by atoms with Crippen LogP contribution in [-0.2, 0) is 9.53 Å². The summed E-state index contributed by atoms with van der Waals surface area (Å²) < 4.78 is 10.8. The fourth-order valence-corrected chi connectivity index (χ4v) is 3.31. The predicted molar refractivity (Wildman–Crippen MR) is 77.6 cm³/mol. The van der Waals surface area contributed by atoms with Gasteiger partial charge in [-0.3, -0.25) is 4.79 Å². The summed E-state index contributed by atoms with van der Waals surface area (Å²) in [6.45, 7) is 1.78. The lowest BCUT2D eigenvalue weighted by molar-refractivity contribution is -0.159. The highest BCUT2D eigenvalue weighted by Crippen LogP contribution is 2.45. The molecular weight excluding hydrogens is 300 g/mol. The van der Waals surface area contributed by atoms with Crippen molar-refractivity contribution in [3.05, 3.63) is 28.8 Å². The summed E-state index contributed by atoms with van der Waals surface area (Å²) >= 11 is 11.2. The Morgan fingerprint density at radius 1 is 1.55 bits per heavy atom. The molecule has 2 bridgehead atoms. The summed E-state index contributed by atoms with van der Waals surface area (Å²) in [6.07, 6.45) is 0. The number of fused-ring (bicyclic) bond motifs is 4. The van der Waals surface area contributed by atoms with Gasteiger partial charge in [-0.15, -0.1) is 0 Å². The number of esters is 1. The maximum Gasteiger partial charge on any atom is 0.317 e. The molecule has 3 unspecified atom stereocenters. The summed E-state index contributed by atoms with van der Waals surface area (Å²) in [6, 6.07) is 4.98. The number of ether oxygens (including phenoxy) is 2. The Balaban J connectivity index is 2.16. The van der Waals surface area contributed by atoms with Crippen molar-refractivity contribution < 1.29 is 14.3 Å². The number of benzene rings is 1. The van der Waals surface area contributed by atoms with Crippen LogP contribution in [0.15, 0.2) is 18.2 Å². The second kappa shape index (κ2) is 4.49. The molecule has 0 amide bonds. The first-order chi connectivity index (χ1) is 9.44. The van der Waals surface area contributed by atoms with Crippen molar-refractivity contribution in [1.29, 1.82) is 0 Å². The molecule has 5 nitrogen and oxygen atoms in total. The van der Waals surface area contributed by atoms with Gasteiger partial charge >= 0.3 is 5.97 Å². The summed E-state index contributed by atoms with van der Waals surface area (Å²) in [5.74, 6) is -0.264. The van der Waals surface area contributed by atoms with E-state index in [9.17, 15) is 4.79 Å². The lowest BCUT2D eigenvalue weighted by Gasteiger charge is -2.50. The second-order valence-corrected chi connectivity index (χ2v) is 5.81. The van der Waals surface area contributed by atoms with E-state index in [1.54, 1.807) is 25.1 Å². The molecule has 106 valence electrons. The molecule has 0 radical (unpaired) electrons. The van der Waals surface area contributed by atoms with Crippen LogP contribution in [0.4, 0.5) is 0 Å². The normalized spacial score (nSPS) is 30.4. The zero-order valence-corrected chi connectivity index (χ0v) is 12.5. The number of carbonyl (C=O) groups is 1. The average molecular weight is 313 g/mol. The zero-order chi connectivity index (χ0) is 14.5. The third-order valence-electron chi connectivity index (χ3n) is 3.66. The van der Waals surface area contributed by atoms with Crippen molar-refractivity contribution in [3.8, 4) is 5.75 Å². The number of halogens is 1. The summed E-state index contributed by atoms with van der Waals surface area (Å²) in [5.41, 5.74) is -0.143. The Labute approximate surface area is 126 Å². The minimum atomic E-state index is -0.944. The number of rotatable bonds is 1. The largest absolute Gasteiger partial charge is 0.469 e. The minimum absolute atomic E-state index is 0.330. The fourth-order valence-electron chi connectivity index (χ4n) is 2.80. The van der Waals surface area contributed by atoms with E-state index >= 15 is 0 Å². The van der Waals surface area contributed by atoms with Crippen molar-refractivity contribution in [3.63, 3.8) is 0 Å². The van der Waals surface area contributed by atoms with Gasteiger partial charge < -0.3 is 20.1 Å². The van der Waals surface area contributed by atoms with Crippen LogP contribution in [0, 0.1) is 5.92 Å². The molecule has 1 aromatic rings. The molecule has 0 aliphatic carbocycles.